The summed E-state index contributed by atoms with van der Waals surface area (Å²) in [6.07, 6.45) is 3.86. The first-order valence-corrected chi connectivity index (χ1v) is 7.64. The van der Waals surface area contributed by atoms with Gasteiger partial charge in [0.1, 0.15) is 5.75 Å². The topological polar surface area (TPSA) is 78.4 Å². The molecule has 0 bridgehead atoms. The minimum Gasteiger partial charge on any atom is -0.508 e. The normalized spacial score (nSPS) is 10.5. The van der Waals surface area contributed by atoms with Crippen molar-refractivity contribution in [2.45, 2.75) is 6.42 Å². The van der Waals surface area contributed by atoms with E-state index in [0.29, 0.717) is 18.5 Å². The van der Waals surface area contributed by atoms with Crippen molar-refractivity contribution in [1.82, 2.24) is 10.6 Å². The number of hydrogen-bond acceptors (Lipinski definition) is 3. The van der Waals surface area contributed by atoms with E-state index in [1.165, 1.54) is 6.08 Å². The summed E-state index contributed by atoms with van der Waals surface area (Å²) < 4.78 is 0. The molecule has 0 aliphatic rings. The number of phenols is 1. The van der Waals surface area contributed by atoms with Gasteiger partial charge < -0.3 is 15.7 Å². The van der Waals surface area contributed by atoms with E-state index in [0.717, 1.165) is 11.1 Å². The van der Waals surface area contributed by atoms with Crippen LogP contribution in [0.4, 0.5) is 0 Å². The number of aromatic hydroxyl groups is 1. The van der Waals surface area contributed by atoms with E-state index in [1.807, 2.05) is 12.1 Å². The number of phenolic OH excluding ortho intramolecular Hbond substituents is 1. The Hall–Kier alpha value is -3.08. The van der Waals surface area contributed by atoms with Crippen LogP contribution in [0.25, 0.3) is 6.08 Å². The van der Waals surface area contributed by atoms with Gasteiger partial charge in [-0.15, -0.1) is 0 Å². The highest BCUT2D eigenvalue weighted by molar-refractivity contribution is 5.94. The molecule has 0 unspecified atom stereocenters. The van der Waals surface area contributed by atoms with Crippen LogP contribution in [0.15, 0.2) is 54.6 Å². The predicted molar refractivity (Wildman–Crippen MR) is 93.7 cm³/mol. The van der Waals surface area contributed by atoms with Crippen molar-refractivity contribution in [2.75, 3.05) is 13.6 Å². The molecule has 0 saturated heterocycles. The van der Waals surface area contributed by atoms with Gasteiger partial charge in [0, 0.05) is 25.2 Å². The van der Waals surface area contributed by atoms with E-state index in [-0.39, 0.29) is 17.6 Å². The Labute approximate surface area is 141 Å². The SMILES string of the molecule is CNC(=O)c1ccc(/C=C/C(=O)NCCc2ccc(O)cc2)cc1. The number of hydrogen-bond donors (Lipinski definition) is 3. The number of amides is 2. The number of carbonyl (C=O) groups is 2. The van der Waals surface area contributed by atoms with E-state index in [4.69, 9.17) is 0 Å². The maximum Gasteiger partial charge on any atom is 0.251 e. The average Bonchev–Trinajstić information content (AvgIpc) is 2.61. The second-order valence-corrected chi connectivity index (χ2v) is 5.24. The van der Waals surface area contributed by atoms with Crippen molar-refractivity contribution in [3.8, 4) is 5.75 Å². The van der Waals surface area contributed by atoms with Crippen LogP contribution in [0.1, 0.15) is 21.5 Å². The molecule has 0 fully saturated rings. The Balaban J connectivity index is 1.80. The molecule has 2 aromatic rings. The number of rotatable bonds is 6. The lowest BCUT2D eigenvalue weighted by molar-refractivity contribution is -0.116. The minimum absolute atomic E-state index is 0.141. The highest BCUT2D eigenvalue weighted by atomic mass is 16.3. The number of nitrogens with one attached hydrogen (secondary N) is 2. The number of carbonyl (C=O) groups excluding carboxylic acids is 2. The van der Waals surface area contributed by atoms with Crippen LogP contribution in [0, 0.1) is 0 Å². The second-order valence-electron chi connectivity index (χ2n) is 5.24. The summed E-state index contributed by atoms with van der Waals surface area (Å²) in [4.78, 5) is 23.2. The summed E-state index contributed by atoms with van der Waals surface area (Å²) in [6, 6.07) is 13.9. The summed E-state index contributed by atoms with van der Waals surface area (Å²) in [5.74, 6) is -0.0881. The van der Waals surface area contributed by atoms with Gasteiger partial charge in [0.2, 0.25) is 5.91 Å². The first-order valence-electron chi connectivity index (χ1n) is 7.64. The first-order chi connectivity index (χ1) is 11.6. The molecule has 24 heavy (non-hydrogen) atoms. The van der Waals surface area contributed by atoms with Crippen molar-refractivity contribution in [3.63, 3.8) is 0 Å². The largest absolute Gasteiger partial charge is 0.508 e. The van der Waals surface area contributed by atoms with Crippen LogP contribution in [0.5, 0.6) is 5.75 Å². The molecular formula is C19H20N2O3. The van der Waals surface area contributed by atoms with Gasteiger partial charge in [-0.05, 0) is 47.9 Å². The Morgan fingerprint density at radius 1 is 1.04 bits per heavy atom. The lowest BCUT2D eigenvalue weighted by Crippen LogP contribution is -2.23. The Morgan fingerprint density at radius 2 is 1.71 bits per heavy atom. The van der Waals surface area contributed by atoms with Gasteiger partial charge in [-0.3, -0.25) is 9.59 Å². The van der Waals surface area contributed by atoms with E-state index in [9.17, 15) is 14.7 Å². The minimum atomic E-state index is -0.177. The zero-order valence-electron chi connectivity index (χ0n) is 13.5. The van der Waals surface area contributed by atoms with Crippen LogP contribution in [0.3, 0.4) is 0 Å². The standard InChI is InChI=1S/C19H20N2O3/c1-20-19(24)16-7-2-14(3-8-16)6-11-18(23)21-13-12-15-4-9-17(22)10-5-15/h2-11,22H,12-13H2,1H3,(H,20,24)(H,21,23)/b11-6+. The van der Waals surface area contributed by atoms with Gasteiger partial charge >= 0.3 is 0 Å². The zero-order chi connectivity index (χ0) is 17.4. The Kier molecular flexibility index (Phi) is 6.14. The third kappa shape index (κ3) is 5.28. The molecule has 3 N–H and O–H groups in total. The zero-order valence-corrected chi connectivity index (χ0v) is 13.5. The fourth-order valence-electron chi connectivity index (χ4n) is 2.11. The van der Waals surface area contributed by atoms with Gasteiger partial charge in [-0.2, -0.15) is 0 Å². The average molecular weight is 324 g/mol. The van der Waals surface area contributed by atoms with E-state index >= 15 is 0 Å². The predicted octanol–water partition coefficient (Wildman–Crippen LogP) is 2.12. The van der Waals surface area contributed by atoms with Gasteiger partial charge in [0.15, 0.2) is 0 Å². The lowest BCUT2D eigenvalue weighted by atomic mass is 10.1. The molecule has 0 saturated carbocycles. The molecule has 124 valence electrons. The highest BCUT2D eigenvalue weighted by Gasteiger charge is 2.01. The monoisotopic (exact) mass is 324 g/mol. The van der Waals surface area contributed by atoms with Crippen LogP contribution >= 0.6 is 0 Å². The van der Waals surface area contributed by atoms with Gasteiger partial charge in [-0.1, -0.05) is 24.3 Å². The highest BCUT2D eigenvalue weighted by Crippen LogP contribution is 2.09. The molecule has 0 heterocycles. The molecule has 5 nitrogen and oxygen atoms in total. The van der Waals surface area contributed by atoms with Crippen molar-refractivity contribution in [2.24, 2.45) is 0 Å². The van der Waals surface area contributed by atoms with Crippen LogP contribution in [-0.2, 0) is 11.2 Å². The molecule has 2 rings (SSSR count). The van der Waals surface area contributed by atoms with Gasteiger partial charge in [-0.25, -0.2) is 0 Å². The molecule has 0 aromatic heterocycles. The lowest BCUT2D eigenvalue weighted by Gasteiger charge is -2.03. The molecule has 0 aliphatic carbocycles. The first kappa shape index (κ1) is 17.3. The van der Waals surface area contributed by atoms with Crippen molar-refractivity contribution in [1.29, 1.82) is 0 Å². The summed E-state index contributed by atoms with van der Waals surface area (Å²) >= 11 is 0. The maximum absolute atomic E-state index is 11.8. The summed E-state index contributed by atoms with van der Waals surface area (Å²) in [5.41, 5.74) is 2.46. The molecule has 2 aromatic carbocycles. The van der Waals surface area contributed by atoms with Crippen LogP contribution < -0.4 is 10.6 Å². The van der Waals surface area contributed by atoms with Crippen molar-refractivity contribution < 1.29 is 14.7 Å². The fraction of sp³-hybridized carbons (Fsp3) is 0.158. The Morgan fingerprint density at radius 3 is 2.33 bits per heavy atom. The van der Waals surface area contributed by atoms with Crippen molar-refractivity contribution >= 4 is 17.9 Å². The van der Waals surface area contributed by atoms with Gasteiger partial charge in [0.25, 0.3) is 5.91 Å². The molecule has 0 radical (unpaired) electrons. The summed E-state index contributed by atoms with van der Waals surface area (Å²) in [5, 5.41) is 14.6. The maximum atomic E-state index is 11.8. The molecular weight excluding hydrogens is 304 g/mol. The Bertz CT molecular complexity index is 719. The molecule has 2 amide bonds. The van der Waals surface area contributed by atoms with Crippen LogP contribution in [0.2, 0.25) is 0 Å². The van der Waals surface area contributed by atoms with Crippen molar-refractivity contribution in [3.05, 3.63) is 71.3 Å². The summed E-state index contributed by atoms with van der Waals surface area (Å²) in [7, 11) is 1.58. The third-order valence-corrected chi connectivity index (χ3v) is 3.48. The fourth-order valence-corrected chi connectivity index (χ4v) is 2.11. The molecule has 0 aliphatic heterocycles. The molecule has 0 spiro atoms. The second kappa shape index (κ2) is 8.53. The van der Waals surface area contributed by atoms with Crippen LogP contribution in [-0.4, -0.2) is 30.5 Å². The molecule has 5 heteroatoms. The molecule has 0 atom stereocenters. The third-order valence-electron chi connectivity index (χ3n) is 3.48. The van der Waals surface area contributed by atoms with E-state index < -0.39 is 0 Å². The van der Waals surface area contributed by atoms with Gasteiger partial charge in [0.05, 0.1) is 0 Å². The quantitative estimate of drug-likeness (QED) is 0.712. The summed E-state index contributed by atoms with van der Waals surface area (Å²) in [6.45, 7) is 0.517. The van der Waals surface area contributed by atoms with E-state index in [1.54, 1.807) is 49.5 Å². The smallest absolute Gasteiger partial charge is 0.251 e. The van der Waals surface area contributed by atoms with E-state index in [2.05, 4.69) is 10.6 Å². The number of benzene rings is 2.